The van der Waals surface area contributed by atoms with Crippen LogP contribution in [-0.4, -0.2) is 104 Å². The molecule has 0 bridgehead atoms. The van der Waals surface area contributed by atoms with Gasteiger partial charge in [-0.05, 0) is 124 Å². The van der Waals surface area contributed by atoms with E-state index in [0.717, 1.165) is 24.0 Å². The molecular weight excluding hydrogens is 927 g/mol. The van der Waals surface area contributed by atoms with Crippen molar-refractivity contribution in [3.05, 3.63) is 47.6 Å². The number of allylic oxidation sites excluding steroid dienone is 8. The van der Waals surface area contributed by atoms with Crippen molar-refractivity contribution in [2.45, 2.75) is 142 Å². The van der Waals surface area contributed by atoms with Crippen molar-refractivity contribution in [2.75, 3.05) is 13.2 Å². The third kappa shape index (κ3) is 9.90. The Morgan fingerprint density at radius 2 is 0.957 bits per heavy atom. The van der Waals surface area contributed by atoms with Crippen LogP contribution in [0.2, 0.25) is 0 Å². The van der Waals surface area contributed by atoms with Gasteiger partial charge < -0.3 is 49.7 Å². The molecule has 18 heteroatoms. The van der Waals surface area contributed by atoms with E-state index in [1.54, 1.807) is 24.3 Å². The number of hydrogen-bond acceptors (Lipinski definition) is 16. The fourth-order valence-corrected chi connectivity index (χ4v) is 15.5. The Labute approximate surface area is 453 Å². The molecule has 0 aromatic heterocycles. The van der Waals surface area contributed by atoms with Gasteiger partial charge in [0.05, 0.1) is 25.0 Å². The van der Waals surface area contributed by atoms with Crippen LogP contribution in [0.15, 0.2) is 47.6 Å². The fraction of sp³-hybridized carbons (Fsp3) is 0.692. The van der Waals surface area contributed by atoms with Crippen LogP contribution in [0.3, 0.4) is 0 Å². The van der Waals surface area contributed by atoms with Crippen LogP contribution in [0.5, 0.6) is 0 Å². The second-order valence-corrected chi connectivity index (χ2v) is 22.2. The maximum Gasteiger partial charge on any atom is 1.00 e. The number of carbonyl (C=O) groups is 8. The summed E-state index contributed by atoms with van der Waals surface area (Å²) in [4.78, 5) is 95.0. The number of carboxylic acids is 2. The quantitative estimate of drug-likeness (QED) is 0.107. The van der Waals surface area contributed by atoms with Gasteiger partial charge >= 0.3 is 71.1 Å². The standard InChI is InChI=1S/2C26H34O8.2Na/c2*1-14-10-16-17-7-9-26(33,20(29)13-34-22(32)5-4-21(30)31)25(17,3)12-19(28)23(16)24(2)8-6-15(27)11-18(14)24;;/h2*6,8,11,14,16-17,19,23,28,33H,4-5,7,9-10,12-13H2,1-3H3,(H,30,31);;/q;;2*+1/p-2/t2*14-,16-,17-,19-,23+,24-,25-,26-;;/m00../s1. The van der Waals surface area contributed by atoms with Crippen molar-refractivity contribution in [3.63, 3.8) is 0 Å². The largest absolute Gasteiger partial charge is 1.00 e. The van der Waals surface area contributed by atoms with Crippen molar-refractivity contribution in [2.24, 2.45) is 69.0 Å². The minimum atomic E-state index is -1.75. The Morgan fingerprint density at radius 3 is 1.29 bits per heavy atom. The number of ketones is 4. The van der Waals surface area contributed by atoms with Crippen LogP contribution in [0, 0.1) is 69.0 Å². The first kappa shape index (κ1) is 58.3. The van der Waals surface area contributed by atoms with E-state index in [9.17, 15) is 69.0 Å². The van der Waals surface area contributed by atoms with E-state index in [0.29, 0.717) is 12.8 Å². The second-order valence-electron chi connectivity index (χ2n) is 22.2. The number of ether oxygens (including phenoxy) is 2. The summed E-state index contributed by atoms with van der Waals surface area (Å²) in [7, 11) is 0. The molecule has 0 unspecified atom stereocenters. The summed E-state index contributed by atoms with van der Waals surface area (Å²) < 4.78 is 9.91. The molecule has 0 saturated heterocycles. The fourth-order valence-electron chi connectivity index (χ4n) is 15.5. The molecule has 6 saturated carbocycles. The zero-order valence-corrected chi connectivity index (χ0v) is 45.8. The summed E-state index contributed by atoms with van der Waals surface area (Å²) in [6, 6.07) is 0. The van der Waals surface area contributed by atoms with Gasteiger partial charge in [0.1, 0.15) is 11.2 Å². The summed E-state index contributed by atoms with van der Waals surface area (Å²) >= 11 is 0. The van der Waals surface area contributed by atoms with E-state index in [4.69, 9.17) is 9.47 Å². The average molecular weight is 993 g/mol. The predicted molar refractivity (Wildman–Crippen MR) is 235 cm³/mol. The minimum absolute atomic E-state index is 0. The second kappa shape index (κ2) is 21.3. The van der Waals surface area contributed by atoms with Crippen molar-refractivity contribution in [3.8, 4) is 0 Å². The molecule has 0 aromatic rings. The number of aliphatic carboxylic acids is 2. The van der Waals surface area contributed by atoms with E-state index in [2.05, 4.69) is 27.7 Å². The van der Waals surface area contributed by atoms with Gasteiger partial charge in [0, 0.05) is 45.4 Å². The third-order valence-electron chi connectivity index (χ3n) is 18.7. The molecule has 8 rings (SSSR count). The Bertz CT molecular complexity index is 2130. The van der Waals surface area contributed by atoms with Gasteiger partial charge in [-0.25, -0.2) is 0 Å². The Morgan fingerprint density at radius 1 is 0.614 bits per heavy atom. The van der Waals surface area contributed by atoms with Crippen molar-refractivity contribution in [1.29, 1.82) is 0 Å². The smallest absolute Gasteiger partial charge is 0.550 e. The number of fused-ring (bicyclic) bond motifs is 10. The van der Waals surface area contributed by atoms with Crippen molar-refractivity contribution < 1.29 is 138 Å². The van der Waals surface area contributed by atoms with Gasteiger partial charge in [0.2, 0.25) is 11.6 Å². The molecule has 70 heavy (non-hydrogen) atoms. The van der Waals surface area contributed by atoms with E-state index in [1.807, 2.05) is 26.0 Å². The molecule has 4 N–H and O–H groups in total. The maximum absolute atomic E-state index is 13.1. The zero-order chi connectivity index (χ0) is 50.1. The number of rotatable bonds is 12. The third-order valence-corrected chi connectivity index (χ3v) is 18.7. The monoisotopic (exact) mass is 992 g/mol. The zero-order valence-electron chi connectivity index (χ0n) is 41.8. The number of carbonyl (C=O) groups excluding carboxylic acids is 8. The summed E-state index contributed by atoms with van der Waals surface area (Å²) in [6.07, 6.45) is 10.6. The number of hydrogen-bond donors (Lipinski definition) is 4. The molecule has 0 radical (unpaired) electrons. The molecule has 0 aliphatic heterocycles. The van der Waals surface area contributed by atoms with E-state index >= 15 is 0 Å². The first-order valence-corrected chi connectivity index (χ1v) is 24.2. The number of aliphatic hydroxyl groups is 4. The molecule has 0 heterocycles. The van der Waals surface area contributed by atoms with Crippen molar-refractivity contribution >= 4 is 47.0 Å². The molecule has 16 nitrogen and oxygen atoms in total. The van der Waals surface area contributed by atoms with Crippen molar-refractivity contribution in [1.82, 2.24) is 0 Å². The predicted octanol–water partition coefficient (Wildman–Crippen LogP) is -4.22. The van der Waals surface area contributed by atoms with E-state index in [1.165, 1.54) is 0 Å². The van der Waals surface area contributed by atoms with Crippen LogP contribution in [-0.2, 0) is 47.8 Å². The van der Waals surface area contributed by atoms with Gasteiger partial charge in [0.15, 0.2) is 24.8 Å². The van der Waals surface area contributed by atoms with Crippen LogP contribution in [0.25, 0.3) is 0 Å². The van der Waals surface area contributed by atoms with Crippen LogP contribution in [0.4, 0.5) is 0 Å². The molecule has 372 valence electrons. The van der Waals surface area contributed by atoms with Gasteiger partial charge in [0.25, 0.3) is 0 Å². The van der Waals surface area contributed by atoms with Gasteiger partial charge in [-0.15, -0.1) is 0 Å². The Hall–Kier alpha value is -2.64. The Balaban J connectivity index is 0.000000254. The van der Waals surface area contributed by atoms with Gasteiger partial charge in [-0.1, -0.05) is 64.8 Å². The minimum Gasteiger partial charge on any atom is -0.550 e. The van der Waals surface area contributed by atoms with E-state index < -0.39 is 119 Å². The average Bonchev–Trinajstić information content (AvgIpc) is 3.69. The Kier molecular flexibility index (Phi) is 17.7. The molecule has 8 aliphatic rings. The number of carboxylic acid groups (broad SMARTS) is 2. The summed E-state index contributed by atoms with van der Waals surface area (Å²) in [5, 5.41) is 67.1. The molecule has 0 spiro atoms. The number of esters is 2. The maximum atomic E-state index is 13.1. The molecular formula is C52H66Na2O16. The van der Waals surface area contributed by atoms with E-state index in [-0.39, 0.29) is 144 Å². The number of Topliss-reactive ketones (excluding diaryl/α,β-unsaturated/α-hetero) is 2. The summed E-state index contributed by atoms with van der Waals surface area (Å²) in [5.74, 6) is -5.69. The summed E-state index contributed by atoms with van der Waals surface area (Å²) in [5.41, 5.74) is -4.14. The normalized spacial score (nSPS) is 41.6. The first-order chi connectivity index (χ1) is 31.7. The molecule has 16 atom stereocenters. The SMILES string of the molecule is C[C@H]1C[C@@H]2[C@H]([C@@H](O)C[C@@]3(C)[C@H]2CC[C@]3(O)C(=O)COC(=O)CCC(=O)[O-])[C@@]2(C)C=CC(=O)C=C12.C[C@H]1C[C@@H]2[C@H]([C@@H](O)C[C@@]3(C)[C@H]2CC[C@]3(O)C(=O)COC(=O)CCC(=O)[O-])[C@@]2(C)C=CC(=O)C=C12.[Na+].[Na+]. The number of aliphatic hydroxyl groups excluding tert-OH is 2. The summed E-state index contributed by atoms with van der Waals surface area (Å²) in [6.45, 7) is 10.7. The molecule has 6 fully saturated rings. The topological polar surface area (TPSA) is 282 Å². The first-order valence-electron chi connectivity index (χ1n) is 24.2. The van der Waals surface area contributed by atoms with Crippen LogP contribution in [0.1, 0.15) is 119 Å². The molecule has 0 aromatic carbocycles. The van der Waals surface area contributed by atoms with Gasteiger partial charge in [-0.3, -0.25) is 28.8 Å². The van der Waals surface area contributed by atoms with Gasteiger partial charge in [-0.2, -0.15) is 0 Å². The van der Waals surface area contributed by atoms with Crippen LogP contribution >= 0.6 is 0 Å². The van der Waals surface area contributed by atoms with Crippen LogP contribution < -0.4 is 69.3 Å². The molecule has 8 aliphatic carbocycles. The molecule has 0 amide bonds.